The minimum atomic E-state index is 0.107. The van der Waals surface area contributed by atoms with E-state index in [1.54, 1.807) is 18.6 Å². The summed E-state index contributed by atoms with van der Waals surface area (Å²) in [6, 6.07) is 5.59. The van der Waals surface area contributed by atoms with Crippen molar-refractivity contribution < 1.29 is 4.79 Å². The molecule has 2 aliphatic rings. The van der Waals surface area contributed by atoms with Gasteiger partial charge in [0, 0.05) is 76.5 Å². The lowest BCUT2D eigenvalue weighted by Crippen LogP contribution is -2.48. The van der Waals surface area contributed by atoms with E-state index < -0.39 is 0 Å². The van der Waals surface area contributed by atoms with Crippen LogP contribution in [-0.2, 0) is 0 Å². The minimum Gasteiger partial charge on any atom is -0.353 e. The minimum absolute atomic E-state index is 0.107. The molecule has 148 valence electrons. The van der Waals surface area contributed by atoms with Gasteiger partial charge in [-0.3, -0.25) is 4.79 Å². The van der Waals surface area contributed by atoms with Crippen LogP contribution in [0.5, 0.6) is 0 Å². The van der Waals surface area contributed by atoms with E-state index in [9.17, 15) is 4.79 Å². The highest BCUT2D eigenvalue weighted by molar-refractivity contribution is 5.95. The number of pyridine rings is 1. The fourth-order valence-electron chi connectivity index (χ4n) is 3.76. The average molecular weight is 381 g/mol. The Labute approximate surface area is 165 Å². The maximum absolute atomic E-state index is 12.9. The molecule has 28 heavy (non-hydrogen) atoms. The smallest absolute Gasteiger partial charge is 0.254 e. The number of hydrogen-bond acceptors (Lipinski definition) is 7. The van der Waals surface area contributed by atoms with Crippen LogP contribution >= 0.6 is 0 Å². The van der Waals surface area contributed by atoms with E-state index in [1.807, 2.05) is 23.1 Å². The van der Waals surface area contributed by atoms with Crippen LogP contribution in [0.3, 0.4) is 0 Å². The Balaban J connectivity index is 1.38. The Hall–Kier alpha value is -2.74. The highest BCUT2D eigenvalue weighted by Gasteiger charge is 2.23. The summed E-state index contributed by atoms with van der Waals surface area (Å²) in [5, 5.41) is 0. The number of aromatic nitrogens is 3. The standard InChI is InChI=1S/C20H27N7O/c1-2-24-8-10-26(11-9-24)19(28)17-4-7-21-18(16-17)25-12-14-27(15-13-25)20-22-5-3-6-23-20/h3-7,16H,2,8-15H2,1H3. The van der Waals surface area contributed by atoms with Gasteiger partial charge in [0.05, 0.1) is 0 Å². The number of carbonyl (C=O) groups excluding carboxylic acids is 1. The Bertz CT molecular complexity index is 784. The SMILES string of the molecule is CCN1CCN(C(=O)c2ccnc(N3CCN(c4ncccn4)CC3)c2)CC1. The van der Waals surface area contributed by atoms with Crippen molar-refractivity contribution in [3.63, 3.8) is 0 Å². The molecule has 0 N–H and O–H groups in total. The van der Waals surface area contributed by atoms with E-state index in [4.69, 9.17) is 0 Å². The summed E-state index contributed by atoms with van der Waals surface area (Å²) in [6.45, 7) is 10.0. The highest BCUT2D eigenvalue weighted by atomic mass is 16.2. The molecule has 2 saturated heterocycles. The molecule has 0 aromatic carbocycles. The highest BCUT2D eigenvalue weighted by Crippen LogP contribution is 2.18. The van der Waals surface area contributed by atoms with Crippen LogP contribution in [-0.4, -0.2) is 89.6 Å². The second-order valence-electron chi connectivity index (χ2n) is 7.15. The van der Waals surface area contributed by atoms with E-state index in [1.165, 1.54) is 0 Å². The van der Waals surface area contributed by atoms with Crippen LogP contribution in [0.1, 0.15) is 17.3 Å². The molecule has 0 aliphatic carbocycles. The third-order valence-electron chi connectivity index (χ3n) is 5.54. The molecule has 0 radical (unpaired) electrons. The Kier molecular flexibility index (Phi) is 5.66. The fraction of sp³-hybridized carbons (Fsp3) is 0.500. The van der Waals surface area contributed by atoms with Crippen molar-refractivity contribution in [3.05, 3.63) is 42.4 Å². The number of piperazine rings is 2. The van der Waals surface area contributed by atoms with Crippen molar-refractivity contribution in [3.8, 4) is 0 Å². The first-order valence-corrected chi connectivity index (χ1v) is 9.99. The molecule has 2 aromatic heterocycles. The Morgan fingerprint density at radius 1 is 0.893 bits per heavy atom. The molecule has 8 nitrogen and oxygen atoms in total. The van der Waals surface area contributed by atoms with Crippen molar-refractivity contribution in [2.24, 2.45) is 0 Å². The van der Waals surface area contributed by atoms with Crippen LogP contribution in [0.4, 0.5) is 11.8 Å². The van der Waals surface area contributed by atoms with Crippen LogP contribution in [0.2, 0.25) is 0 Å². The summed E-state index contributed by atoms with van der Waals surface area (Å²) in [4.78, 5) is 34.8. The summed E-state index contributed by atoms with van der Waals surface area (Å²) < 4.78 is 0. The Morgan fingerprint density at radius 2 is 1.57 bits per heavy atom. The molecule has 8 heteroatoms. The number of nitrogens with zero attached hydrogens (tertiary/aromatic N) is 7. The second kappa shape index (κ2) is 8.52. The zero-order chi connectivity index (χ0) is 19.3. The van der Waals surface area contributed by atoms with Gasteiger partial charge in [-0.2, -0.15) is 0 Å². The largest absolute Gasteiger partial charge is 0.353 e. The number of amides is 1. The quantitative estimate of drug-likeness (QED) is 0.782. The van der Waals surface area contributed by atoms with Crippen LogP contribution in [0.25, 0.3) is 0 Å². The average Bonchev–Trinajstić information content (AvgIpc) is 2.79. The van der Waals surface area contributed by atoms with Crippen molar-refractivity contribution in [2.45, 2.75) is 6.92 Å². The van der Waals surface area contributed by atoms with Gasteiger partial charge in [-0.25, -0.2) is 15.0 Å². The van der Waals surface area contributed by atoms with Gasteiger partial charge >= 0.3 is 0 Å². The van der Waals surface area contributed by atoms with Gasteiger partial charge < -0.3 is 19.6 Å². The first-order valence-electron chi connectivity index (χ1n) is 9.99. The maximum atomic E-state index is 12.9. The van der Waals surface area contributed by atoms with Gasteiger partial charge in [-0.1, -0.05) is 6.92 Å². The maximum Gasteiger partial charge on any atom is 0.254 e. The van der Waals surface area contributed by atoms with E-state index >= 15 is 0 Å². The van der Waals surface area contributed by atoms with Crippen LogP contribution in [0, 0.1) is 0 Å². The summed E-state index contributed by atoms with van der Waals surface area (Å²) in [6.07, 6.45) is 5.29. The van der Waals surface area contributed by atoms with Crippen LogP contribution in [0.15, 0.2) is 36.8 Å². The lowest BCUT2D eigenvalue weighted by molar-refractivity contribution is 0.0643. The monoisotopic (exact) mass is 381 g/mol. The number of likely N-dealkylation sites (N-methyl/N-ethyl adjacent to an activating group) is 1. The molecule has 0 spiro atoms. The van der Waals surface area contributed by atoms with Gasteiger partial charge in [-0.05, 0) is 24.7 Å². The second-order valence-corrected chi connectivity index (χ2v) is 7.15. The summed E-state index contributed by atoms with van der Waals surface area (Å²) >= 11 is 0. The van der Waals surface area contributed by atoms with Crippen molar-refractivity contribution in [1.82, 2.24) is 24.8 Å². The zero-order valence-corrected chi connectivity index (χ0v) is 16.4. The predicted octanol–water partition coefficient (Wildman–Crippen LogP) is 0.976. The first kappa shape index (κ1) is 18.6. The van der Waals surface area contributed by atoms with E-state index in [0.29, 0.717) is 0 Å². The molecule has 4 rings (SSSR count). The van der Waals surface area contributed by atoms with Crippen LogP contribution < -0.4 is 9.80 Å². The fourth-order valence-corrected chi connectivity index (χ4v) is 3.76. The van der Waals surface area contributed by atoms with Gasteiger partial charge in [-0.15, -0.1) is 0 Å². The first-order chi connectivity index (χ1) is 13.7. The van der Waals surface area contributed by atoms with Gasteiger partial charge in [0.15, 0.2) is 0 Å². The normalized spacial score (nSPS) is 18.4. The third kappa shape index (κ3) is 4.06. The predicted molar refractivity (Wildman–Crippen MR) is 109 cm³/mol. The van der Waals surface area contributed by atoms with Crippen molar-refractivity contribution in [2.75, 3.05) is 68.7 Å². The number of carbonyl (C=O) groups is 1. The molecule has 0 atom stereocenters. The summed E-state index contributed by atoms with van der Waals surface area (Å²) in [5.74, 6) is 1.74. The molecule has 0 unspecified atom stereocenters. The topological polar surface area (TPSA) is 68.7 Å². The van der Waals surface area contributed by atoms with Gasteiger partial charge in [0.25, 0.3) is 5.91 Å². The number of anilines is 2. The molecule has 2 aliphatic heterocycles. The number of hydrogen-bond donors (Lipinski definition) is 0. The summed E-state index contributed by atoms with van der Waals surface area (Å²) in [7, 11) is 0. The molecular weight excluding hydrogens is 354 g/mol. The molecule has 2 aromatic rings. The van der Waals surface area contributed by atoms with Gasteiger partial charge in [0.2, 0.25) is 5.95 Å². The molecular formula is C20H27N7O. The van der Waals surface area contributed by atoms with Crippen molar-refractivity contribution in [1.29, 1.82) is 0 Å². The zero-order valence-electron chi connectivity index (χ0n) is 16.4. The van der Waals surface area contributed by atoms with E-state index in [2.05, 4.69) is 36.6 Å². The summed E-state index contributed by atoms with van der Waals surface area (Å²) in [5.41, 5.74) is 0.726. The number of rotatable bonds is 4. The third-order valence-corrected chi connectivity index (χ3v) is 5.54. The molecule has 0 bridgehead atoms. The van der Waals surface area contributed by atoms with E-state index in [0.717, 1.165) is 76.2 Å². The molecule has 0 saturated carbocycles. The molecule has 4 heterocycles. The lowest BCUT2D eigenvalue weighted by Gasteiger charge is -2.36. The lowest BCUT2D eigenvalue weighted by atomic mass is 10.2. The Morgan fingerprint density at radius 3 is 2.25 bits per heavy atom. The molecule has 2 fully saturated rings. The molecule has 1 amide bonds. The van der Waals surface area contributed by atoms with Gasteiger partial charge in [0.1, 0.15) is 5.82 Å². The van der Waals surface area contributed by atoms with Crippen molar-refractivity contribution >= 4 is 17.7 Å². The van der Waals surface area contributed by atoms with E-state index in [-0.39, 0.29) is 5.91 Å².